The number of ketones is 1. The fraction of sp³-hybridized carbons (Fsp3) is 0.333. The highest BCUT2D eigenvalue weighted by Crippen LogP contribution is 2.23. The van der Waals surface area contributed by atoms with Crippen LogP contribution in [0.15, 0.2) is 22.7 Å². The maximum Gasteiger partial charge on any atom is 0.255 e. The first-order valence-electron chi connectivity index (χ1n) is 5.34. The molecule has 1 aromatic rings. The van der Waals surface area contributed by atoms with Gasteiger partial charge in [0.2, 0.25) is 0 Å². The molecular weight excluding hydrogens is 305 g/mol. The van der Waals surface area contributed by atoms with Crippen molar-refractivity contribution in [3.05, 3.63) is 33.3 Å². The van der Waals surface area contributed by atoms with Gasteiger partial charge in [-0.25, -0.2) is 0 Å². The smallest absolute Gasteiger partial charge is 0.255 e. The molecular formula is C12H11BrClNO2. The molecule has 1 aliphatic rings. The van der Waals surface area contributed by atoms with Crippen molar-refractivity contribution in [1.82, 2.24) is 4.90 Å². The van der Waals surface area contributed by atoms with E-state index in [1.54, 1.807) is 23.1 Å². The number of benzene rings is 1. The molecule has 0 atom stereocenters. The van der Waals surface area contributed by atoms with Crippen LogP contribution in [-0.4, -0.2) is 29.7 Å². The minimum absolute atomic E-state index is 0.120. The Morgan fingerprint density at radius 2 is 2.18 bits per heavy atom. The lowest BCUT2D eigenvalue weighted by Crippen LogP contribution is -2.40. The molecule has 0 bridgehead atoms. The van der Waals surface area contributed by atoms with E-state index >= 15 is 0 Å². The van der Waals surface area contributed by atoms with Crippen molar-refractivity contribution >= 4 is 39.2 Å². The number of carbonyl (C=O) groups excluding carboxylic acids is 2. The summed E-state index contributed by atoms with van der Waals surface area (Å²) in [6, 6.07) is 5.03. The molecule has 5 heteroatoms. The van der Waals surface area contributed by atoms with Gasteiger partial charge in [-0.3, -0.25) is 9.59 Å². The van der Waals surface area contributed by atoms with E-state index in [-0.39, 0.29) is 18.2 Å². The van der Waals surface area contributed by atoms with E-state index in [1.807, 2.05) is 0 Å². The van der Waals surface area contributed by atoms with E-state index in [4.69, 9.17) is 11.6 Å². The molecule has 1 saturated heterocycles. The van der Waals surface area contributed by atoms with Gasteiger partial charge in [0, 0.05) is 22.5 Å². The van der Waals surface area contributed by atoms with Crippen molar-refractivity contribution < 1.29 is 9.59 Å². The third kappa shape index (κ3) is 2.87. The Morgan fingerprint density at radius 3 is 2.82 bits per heavy atom. The fourth-order valence-electron chi connectivity index (χ4n) is 1.84. The number of amides is 1. The van der Waals surface area contributed by atoms with Crippen LogP contribution in [0.3, 0.4) is 0 Å². The predicted molar refractivity (Wildman–Crippen MR) is 69.3 cm³/mol. The van der Waals surface area contributed by atoms with Crippen molar-refractivity contribution in [3.8, 4) is 0 Å². The van der Waals surface area contributed by atoms with Gasteiger partial charge in [0.15, 0.2) is 5.78 Å². The standard InChI is InChI=1S/C12H11BrClNO2/c13-11-6-8(14)3-4-10(11)12(17)15-5-1-2-9(16)7-15/h3-4,6H,1-2,5,7H2. The Balaban J connectivity index is 2.21. The first-order valence-corrected chi connectivity index (χ1v) is 6.51. The minimum atomic E-state index is -0.124. The number of Topliss-reactive ketones (excluding diaryl/α,β-unsaturated/α-hetero) is 1. The molecule has 17 heavy (non-hydrogen) atoms. The van der Waals surface area contributed by atoms with Crippen LogP contribution in [0.25, 0.3) is 0 Å². The minimum Gasteiger partial charge on any atom is -0.331 e. The molecule has 1 amide bonds. The van der Waals surface area contributed by atoms with Gasteiger partial charge in [-0.2, -0.15) is 0 Å². The molecule has 1 heterocycles. The Kier molecular flexibility index (Phi) is 3.84. The number of carbonyl (C=O) groups is 2. The van der Waals surface area contributed by atoms with Gasteiger partial charge in [0.25, 0.3) is 5.91 Å². The van der Waals surface area contributed by atoms with E-state index in [0.29, 0.717) is 28.0 Å². The number of hydrogen-bond acceptors (Lipinski definition) is 2. The molecule has 90 valence electrons. The number of piperidine rings is 1. The van der Waals surface area contributed by atoms with E-state index < -0.39 is 0 Å². The van der Waals surface area contributed by atoms with Crippen molar-refractivity contribution in [2.24, 2.45) is 0 Å². The second-order valence-corrected chi connectivity index (χ2v) is 5.28. The molecule has 0 aliphatic carbocycles. The van der Waals surface area contributed by atoms with Crippen LogP contribution in [0, 0.1) is 0 Å². The molecule has 0 N–H and O–H groups in total. The SMILES string of the molecule is O=C1CCCN(C(=O)c2ccc(Cl)cc2Br)C1. The maximum absolute atomic E-state index is 12.2. The molecule has 0 unspecified atom stereocenters. The number of hydrogen-bond donors (Lipinski definition) is 0. The summed E-state index contributed by atoms with van der Waals surface area (Å²) in [4.78, 5) is 25.1. The highest BCUT2D eigenvalue weighted by Gasteiger charge is 2.23. The summed E-state index contributed by atoms with van der Waals surface area (Å²) >= 11 is 9.13. The Morgan fingerprint density at radius 1 is 1.41 bits per heavy atom. The van der Waals surface area contributed by atoms with Crippen molar-refractivity contribution in [3.63, 3.8) is 0 Å². The molecule has 0 saturated carbocycles. The summed E-state index contributed by atoms with van der Waals surface area (Å²) in [7, 11) is 0. The first kappa shape index (κ1) is 12.6. The second-order valence-electron chi connectivity index (χ2n) is 3.99. The average molecular weight is 317 g/mol. The van der Waals surface area contributed by atoms with Gasteiger partial charge < -0.3 is 4.90 Å². The normalized spacial score (nSPS) is 16.1. The summed E-state index contributed by atoms with van der Waals surface area (Å²) in [6.07, 6.45) is 1.32. The Hall–Kier alpha value is -0.870. The quantitative estimate of drug-likeness (QED) is 0.799. The van der Waals surface area contributed by atoms with Crippen LogP contribution in [0.4, 0.5) is 0 Å². The van der Waals surface area contributed by atoms with Gasteiger partial charge in [0.1, 0.15) is 0 Å². The van der Waals surface area contributed by atoms with Crippen LogP contribution < -0.4 is 0 Å². The monoisotopic (exact) mass is 315 g/mol. The van der Waals surface area contributed by atoms with Gasteiger partial charge >= 0.3 is 0 Å². The van der Waals surface area contributed by atoms with Gasteiger partial charge in [-0.05, 0) is 40.5 Å². The topological polar surface area (TPSA) is 37.4 Å². The summed E-state index contributed by atoms with van der Waals surface area (Å²) in [6.45, 7) is 0.855. The second kappa shape index (κ2) is 5.19. The zero-order chi connectivity index (χ0) is 12.4. The highest BCUT2D eigenvalue weighted by atomic mass is 79.9. The number of halogens is 2. The van der Waals surface area contributed by atoms with E-state index in [2.05, 4.69) is 15.9 Å². The fourth-order valence-corrected chi connectivity index (χ4v) is 2.70. The third-order valence-electron chi connectivity index (χ3n) is 2.70. The number of nitrogens with zero attached hydrogens (tertiary/aromatic N) is 1. The number of rotatable bonds is 1. The molecule has 1 aromatic carbocycles. The van der Waals surface area contributed by atoms with Crippen molar-refractivity contribution in [2.75, 3.05) is 13.1 Å². The Labute approximate surface area is 113 Å². The van der Waals surface area contributed by atoms with Crippen LogP contribution in [0.1, 0.15) is 23.2 Å². The zero-order valence-electron chi connectivity index (χ0n) is 9.08. The lowest BCUT2D eigenvalue weighted by molar-refractivity contribution is -0.121. The van der Waals surface area contributed by atoms with Crippen LogP contribution in [0.2, 0.25) is 5.02 Å². The van der Waals surface area contributed by atoms with E-state index in [0.717, 1.165) is 6.42 Å². The van der Waals surface area contributed by atoms with Crippen LogP contribution in [-0.2, 0) is 4.79 Å². The largest absolute Gasteiger partial charge is 0.331 e. The summed E-state index contributed by atoms with van der Waals surface area (Å²) in [5, 5.41) is 0.572. The summed E-state index contributed by atoms with van der Waals surface area (Å²) in [5.41, 5.74) is 0.545. The van der Waals surface area contributed by atoms with Crippen molar-refractivity contribution in [1.29, 1.82) is 0 Å². The van der Waals surface area contributed by atoms with Crippen LogP contribution in [0.5, 0.6) is 0 Å². The molecule has 2 rings (SSSR count). The molecule has 1 fully saturated rings. The summed E-state index contributed by atoms with van der Waals surface area (Å²) < 4.78 is 0.660. The molecule has 0 spiro atoms. The van der Waals surface area contributed by atoms with E-state index in [9.17, 15) is 9.59 Å². The molecule has 0 aromatic heterocycles. The van der Waals surface area contributed by atoms with Gasteiger partial charge in [0.05, 0.1) is 12.1 Å². The zero-order valence-corrected chi connectivity index (χ0v) is 11.4. The first-order chi connectivity index (χ1) is 8.08. The lowest BCUT2D eigenvalue weighted by Gasteiger charge is -2.26. The molecule has 0 radical (unpaired) electrons. The van der Waals surface area contributed by atoms with Crippen LogP contribution >= 0.6 is 27.5 Å². The third-order valence-corrected chi connectivity index (χ3v) is 3.59. The van der Waals surface area contributed by atoms with E-state index in [1.165, 1.54) is 0 Å². The molecule has 1 aliphatic heterocycles. The van der Waals surface area contributed by atoms with Gasteiger partial charge in [-0.1, -0.05) is 11.6 Å². The highest BCUT2D eigenvalue weighted by molar-refractivity contribution is 9.10. The average Bonchev–Trinajstić information content (AvgIpc) is 2.28. The summed E-state index contributed by atoms with van der Waals surface area (Å²) in [5.74, 6) is -0.00345. The van der Waals surface area contributed by atoms with Crippen molar-refractivity contribution in [2.45, 2.75) is 12.8 Å². The Bertz CT molecular complexity index is 476. The predicted octanol–water partition coefficient (Wildman–Crippen LogP) is 2.91. The van der Waals surface area contributed by atoms with Gasteiger partial charge in [-0.15, -0.1) is 0 Å². The maximum atomic E-state index is 12.2. The molecule has 3 nitrogen and oxygen atoms in total. The lowest BCUT2D eigenvalue weighted by atomic mass is 10.1. The number of likely N-dealkylation sites (tertiary alicyclic amines) is 1.